The average Bonchev–Trinajstić information content (AvgIpc) is 2.77. The van der Waals surface area contributed by atoms with E-state index in [1.165, 1.54) is 25.7 Å². The molecule has 0 radical (unpaired) electrons. The third kappa shape index (κ3) is 4.46. The van der Waals surface area contributed by atoms with E-state index in [2.05, 4.69) is 0 Å². The molecule has 0 aliphatic heterocycles. The first-order valence-electron chi connectivity index (χ1n) is 8.02. The van der Waals surface area contributed by atoms with E-state index in [0.29, 0.717) is 18.2 Å². The summed E-state index contributed by atoms with van der Waals surface area (Å²) in [6.45, 7) is 1.33. The Hall–Kier alpha value is -1.55. The fraction of sp³-hybridized carbons (Fsp3) is 0.588. The molecule has 1 saturated carbocycles. The molecule has 0 aromatic heterocycles. The molecule has 1 aromatic carbocycles. The van der Waals surface area contributed by atoms with Crippen molar-refractivity contribution in [2.24, 2.45) is 5.73 Å². The molecule has 116 valence electrons. The first-order chi connectivity index (χ1) is 10.2. The van der Waals surface area contributed by atoms with Crippen LogP contribution in [-0.4, -0.2) is 35.0 Å². The van der Waals surface area contributed by atoms with Crippen LogP contribution >= 0.6 is 0 Å². The summed E-state index contributed by atoms with van der Waals surface area (Å²) in [5.74, 6) is 0.255. The minimum absolute atomic E-state index is 0.0651. The van der Waals surface area contributed by atoms with Gasteiger partial charge in [0, 0.05) is 18.2 Å². The zero-order chi connectivity index (χ0) is 15.1. The summed E-state index contributed by atoms with van der Waals surface area (Å²) in [6.07, 6.45) is 7.96. The van der Waals surface area contributed by atoms with Crippen molar-refractivity contribution in [3.05, 3.63) is 29.8 Å². The number of phenolic OH excluding ortho intramolecular Hbond substituents is 1. The van der Waals surface area contributed by atoms with Gasteiger partial charge in [0.2, 0.25) is 0 Å². The summed E-state index contributed by atoms with van der Waals surface area (Å²) >= 11 is 0. The molecule has 1 aliphatic rings. The highest BCUT2D eigenvalue weighted by atomic mass is 16.3. The largest absolute Gasteiger partial charge is 0.508 e. The molecular formula is C17H26N2O2. The van der Waals surface area contributed by atoms with Crippen LogP contribution < -0.4 is 5.73 Å². The molecule has 1 aliphatic carbocycles. The molecule has 2 rings (SSSR count). The molecule has 0 unspecified atom stereocenters. The number of rotatable bonds is 5. The summed E-state index contributed by atoms with van der Waals surface area (Å²) in [6, 6.07) is 6.87. The van der Waals surface area contributed by atoms with Gasteiger partial charge in [-0.05, 0) is 50.1 Å². The van der Waals surface area contributed by atoms with Crippen molar-refractivity contribution in [1.82, 2.24) is 4.90 Å². The van der Waals surface area contributed by atoms with Crippen molar-refractivity contribution in [2.45, 2.75) is 51.0 Å². The Morgan fingerprint density at radius 2 is 1.76 bits per heavy atom. The molecule has 0 saturated heterocycles. The second-order valence-corrected chi connectivity index (χ2v) is 5.83. The normalized spacial score (nSPS) is 16.4. The van der Waals surface area contributed by atoms with Crippen molar-refractivity contribution in [2.75, 3.05) is 13.1 Å². The van der Waals surface area contributed by atoms with Crippen LogP contribution in [0.3, 0.4) is 0 Å². The maximum absolute atomic E-state index is 12.8. The van der Waals surface area contributed by atoms with Gasteiger partial charge >= 0.3 is 0 Å². The van der Waals surface area contributed by atoms with E-state index in [-0.39, 0.29) is 11.7 Å². The van der Waals surface area contributed by atoms with Crippen LogP contribution in [0.4, 0.5) is 0 Å². The zero-order valence-corrected chi connectivity index (χ0v) is 12.6. The van der Waals surface area contributed by atoms with Gasteiger partial charge in [-0.3, -0.25) is 4.79 Å². The maximum Gasteiger partial charge on any atom is 0.254 e. The highest BCUT2D eigenvalue weighted by Gasteiger charge is 2.25. The molecule has 0 heterocycles. The van der Waals surface area contributed by atoms with Crippen molar-refractivity contribution in [3.63, 3.8) is 0 Å². The topological polar surface area (TPSA) is 66.6 Å². The molecule has 4 nitrogen and oxygen atoms in total. The molecule has 21 heavy (non-hydrogen) atoms. The van der Waals surface area contributed by atoms with Crippen molar-refractivity contribution < 1.29 is 9.90 Å². The second-order valence-electron chi connectivity index (χ2n) is 5.83. The Bertz CT molecular complexity index is 437. The fourth-order valence-corrected chi connectivity index (χ4v) is 3.05. The van der Waals surface area contributed by atoms with E-state index in [4.69, 9.17) is 5.73 Å². The fourth-order valence-electron chi connectivity index (χ4n) is 3.05. The molecule has 0 atom stereocenters. The summed E-state index contributed by atoms with van der Waals surface area (Å²) in [4.78, 5) is 14.8. The lowest BCUT2D eigenvalue weighted by atomic mass is 10.0. The van der Waals surface area contributed by atoms with Crippen molar-refractivity contribution >= 4 is 5.91 Å². The van der Waals surface area contributed by atoms with Crippen molar-refractivity contribution in [1.29, 1.82) is 0 Å². The van der Waals surface area contributed by atoms with Crippen LogP contribution in [0.2, 0.25) is 0 Å². The van der Waals surface area contributed by atoms with E-state index >= 15 is 0 Å². The van der Waals surface area contributed by atoms with Gasteiger partial charge in [-0.1, -0.05) is 25.7 Å². The number of carbonyl (C=O) groups excluding carboxylic acids is 1. The monoisotopic (exact) mass is 290 g/mol. The summed E-state index contributed by atoms with van der Waals surface area (Å²) in [5.41, 5.74) is 6.27. The van der Waals surface area contributed by atoms with Gasteiger partial charge in [-0.25, -0.2) is 0 Å². The predicted octanol–water partition coefficient (Wildman–Crippen LogP) is 2.91. The van der Waals surface area contributed by atoms with Gasteiger partial charge in [-0.15, -0.1) is 0 Å². The highest BCUT2D eigenvalue weighted by Crippen LogP contribution is 2.24. The van der Waals surface area contributed by atoms with Crippen LogP contribution in [0.15, 0.2) is 24.3 Å². The van der Waals surface area contributed by atoms with E-state index in [9.17, 15) is 9.90 Å². The van der Waals surface area contributed by atoms with Gasteiger partial charge in [-0.2, -0.15) is 0 Å². The highest BCUT2D eigenvalue weighted by molar-refractivity contribution is 5.94. The lowest BCUT2D eigenvalue weighted by molar-refractivity contribution is 0.0659. The SMILES string of the molecule is NCCCN(C(=O)c1ccc(O)cc1)C1CCCCCC1. The number of benzene rings is 1. The lowest BCUT2D eigenvalue weighted by Crippen LogP contribution is -2.41. The Labute approximate surface area is 126 Å². The van der Waals surface area contributed by atoms with Gasteiger partial charge in [0.1, 0.15) is 5.75 Å². The first-order valence-corrected chi connectivity index (χ1v) is 8.02. The first kappa shape index (κ1) is 15.8. The second kappa shape index (κ2) is 8.03. The van der Waals surface area contributed by atoms with Crippen LogP contribution in [0.1, 0.15) is 55.3 Å². The lowest BCUT2D eigenvalue weighted by Gasteiger charge is -2.31. The van der Waals surface area contributed by atoms with Crippen LogP contribution in [0, 0.1) is 0 Å². The Morgan fingerprint density at radius 1 is 1.14 bits per heavy atom. The van der Waals surface area contributed by atoms with Gasteiger partial charge < -0.3 is 15.7 Å². The molecule has 1 fully saturated rings. The number of hydrogen-bond donors (Lipinski definition) is 2. The number of nitrogens with two attached hydrogens (primary N) is 1. The number of phenols is 1. The summed E-state index contributed by atoms with van der Waals surface area (Å²) in [5, 5.41) is 9.36. The van der Waals surface area contributed by atoms with Gasteiger partial charge in [0.25, 0.3) is 5.91 Å². The standard InChI is InChI=1S/C17H26N2O2/c18-12-5-13-19(15-6-3-1-2-4-7-15)17(21)14-8-10-16(20)11-9-14/h8-11,15,20H,1-7,12-13,18H2. The van der Waals surface area contributed by atoms with Gasteiger partial charge in [0.05, 0.1) is 0 Å². The minimum atomic E-state index is 0.0651. The van der Waals surface area contributed by atoms with E-state index in [0.717, 1.165) is 25.8 Å². The number of nitrogens with zero attached hydrogens (tertiary/aromatic N) is 1. The Kier molecular flexibility index (Phi) is 6.05. The van der Waals surface area contributed by atoms with E-state index < -0.39 is 0 Å². The maximum atomic E-state index is 12.8. The molecule has 1 amide bonds. The van der Waals surface area contributed by atoms with E-state index in [1.54, 1.807) is 24.3 Å². The molecule has 1 aromatic rings. The van der Waals surface area contributed by atoms with E-state index in [1.807, 2.05) is 4.90 Å². The molecule has 0 spiro atoms. The third-order valence-corrected chi connectivity index (χ3v) is 4.24. The number of aromatic hydroxyl groups is 1. The molecule has 3 N–H and O–H groups in total. The number of carbonyl (C=O) groups is 1. The predicted molar refractivity (Wildman–Crippen MR) is 84.3 cm³/mol. The molecule has 4 heteroatoms. The average molecular weight is 290 g/mol. The van der Waals surface area contributed by atoms with Gasteiger partial charge in [0.15, 0.2) is 0 Å². The summed E-state index contributed by atoms with van der Waals surface area (Å²) < 4.78 is 0. The molecule has 0 bridgehead atoms. The summed E-state index contributed by atoms with van der Waals surface area (Å²) in [7, 11) is 0. The Morgan fingerprint density at radius 3 is 2.33 bits per heavy atom. The number of hydrogen-bond acceptors (Lipinski definition) is 3. The smallest absolute Gasteiger partial charge is 0.254 e. The number of amides is 1. The molecular weight excluding hydrogens is 264 g/mol. The minimum Gasteiger partial charge on any atom is -0.508 e. The van der Waals surface area contributed by atoms with Crippen LogP contribution in [0.5, 0.6) is 5.75 Å². The third-order valence-electron chi connectivity index (χ3n) is 4.24. The Balaban J connectivity index is 2.13. The quantitative estimate of drug-likeness (QED) is 0.819. The van der Waals surface area contributed by atoms with Crippen LogP contribution in [-0.2, 0) is 0 Å². The zero-order valence-electron chi connectivity index (χ0n) is 12.6. The van der Waals surface area contributed by atoms with Crippen LogP contribution in [0.25, 0.3) is 0 Å². The van der Waals surface area contributed by atoms with Crippen molar-refractivity contribution in [3.8, 4) is 5.75 Å².